The molecule has 0 saturated carbocycles. The fourth-order valence-electron chi connectivity index (χ4n) is 7.97. The first kappa shape index (κ1) is 32.5. The van der Waals surface area contributed by atoms with Gasteiger partial charge in [-0.1, -0.05) is 140 Å². The molecule has 0 aliphatic carbocycles. The summed E-state index contributed by atoms with van der Waals surface area (Å²) in [7, 11) is 0. The zero-order valence-electron chi connectivity index (χ0n) is 30.0. The Morgan fingerprint density at radius 3 is 1.56 bits per heavy atom. The van der Waals surface area contributed by atoms with Gasteiger partial charge in [0, 0.05) is 78.2 Å². The molecule has 5 aromatic heterocycles. The third kappa shape index (κ3) is 5.22. The minimum atomic E-state index is 0.646. The van der Waals surface area contributed by atoms with E-state index >= 15 is 0 Å². The second-order valence-electron chi connectivity index (χ2n) is 14.0. The maximum Gasteiger partial charge on any atom is 0.165 e. The average Bonchev–Trinajstić information content (AvgIpc) is 3.98. The van der Waals surface area contributed by atoms with E-state index in [0.717, 1.165) is 70.4 Å². The summed E-state index contributed by atoms with van der Waals surface area (Å²) in [6, 6.07) is 57.1. The lowest BCUT2D eigenvalue weighted by atomic mass is 10.0. The summed E-state index contributed by atoms with van der Waals surface area (Å²) < 4.78 is 7.04. The van der Waals surface area contributed by atoms with Crippen molar-refractivity contribution in [2.45, 2.75) is 0 Å². The molecule has 0 saturated heterocycles. The van der Waals surface area contributed by atoms with E-state index in [-0.39, 0.29) is 0 Å². The summed E-state index contributed by atoms with van der Waals surface area (Å²) >= 11 is 5.33. The molecule has 5 nitrogen and oxygen atoms in total. The lowest BCUT2D eigenvalue weighted by Crippen LogP contribution is -2.00. The zero-order chi connectivity index (χ0) is 37.5. The van der Waals surface area contributed by atoms with Gasteiger partial charge in [0.1, 0.15) is 0 Å². The summed E-state index contributed by atoms with van der Waals surface area (Å²) in [4.78, 5) is 26.2. The molecule has 0 atom stereocenters. The van der Waals surface area contributed by atoms with Crippen molar-refractivity contribution in [2.75, 3.05) is 0 Å². The van der Waals surface area contributed by atoms with Gasteiger partial charge >= 0.3 is 0 Å². The van der Waals surface area contributed by atoms with Gasteiger partial charge in [-0.15, -0.1) is 34.0 Å². The van der Waals surface area contributed by atoms with E-state index in [0.29, 0.717) is 17.5 Å². The summed E-state index contributed by atoms with van der Waals surface area (Å²) in [6.07, 6.45) is 0. The smallest absolute Gasteiger partial charge is 0.165 e. The Balaban J connectivity index is 1.11. The van der Waals surface area contributed by atoms with Crippen molar-refractivity contribution in [2.24, 2.45) is 0 Å². The monoisotopic (exact) mass is 781 g/mol. The van der Waals surface area contributed by atoms with Gasteiger partial charge in [0.05, 0.1) is 15.9 Å². The Hall–Kier alpha value is -6.71. The Bertz CT molecular complexity index is 3530. The van der Waals surface area contributed by atoms with Crippen molar-refractivity contribution in [1.82, 2.24) is 24.9 Å². The normalized spacial score (nSPS) is 11.9. The Labute approximate surface area is 338 Å². The molecule has 12 aromatic rings. The highest BCUT2D eigenvalue weighted by Gasteiger charge is 2.22. The molecule has 7 aromatic carbocycles. The van der Waals surface area contributed by atoms with Crippen LogP contribution < -0.4 is 0 Å². The molecule has 0 fully saturated rings. The minimum Gasteiger partial charge on any atom is -0.226 e. The lowest BCUT2D eigenvalue weighted by molar-refractivity contribution is 1.08. The van der Waals surface area contributed by atoms with Crippen molar-refractivity contribution in [3.63, 3.8) is 0 Å². The quantitative estimate of drug-likeness (QED) is 0.174. The average molecular weight is 782 g/mol. The lowest BCUT2D eigenvalue weighted by Gasteiger charge is -2.10. The number of benzene rings is 7. The summed E-state index contributed by atoms with van der Waals surface area (Å²) in [5.41, 5.74) is 6.94. The Morgan fingerprint density at radius 1 is 0.298 bits per heavy atom. The molecule has 0 bridgehead atoms. The molecule has 266 valence electrons. The second-order valence-corrected chi connectivity index (χ2v) is 17.1. The van der Waals surface area contributed by atoms with Crippen LogP contribution in [0.3, 0.4) is 0 Å². The van der Waals surface area contributed by atoms with Gasteiger partial charge in [-0.2, -0.15) is 0 Å². The molecule has 0 aliphatic heterocycles. The predicted octanol–water partition coefficient (Wildman–Crippen LogP) is 14.1. The first-order chi connectivity index (χ1) is 28.2. The van der Waals surface area contributed by atoms with Gasteiger partial charge in [-0.3, -0.25) is 0 Å². The topological polar surface area (TPSA) is 64.5 Å². The van der Waals surface area contributed by atoms with Gasteiger partial charge in [0.15, 0.2) is 23.3 Å². The molecule has 0 spiro atoms. The summed E-state index contributed by atoms with van der Waals surface area (Å²) in [5.74, 6) is 2.68. The van der Waals surface area contributed by atoms with Crippen LogP contribution >= 0.6 is 34.0 Å². The van der Waals surface area contributed by atoms with E-state index in [2.05, 4.69) is 127 Å². The van der Waals surface area contributed by atoms with E-state index in [9.17, 15) is 0 Å². The molecule has 8 heteroatoms. The highest BCUT2D eigenvalue weighted by Crippen LogP contribution is 2.47. The summed E-state index contributed by atoms with van der Waals surface area (Å²) in [6.45, 7) is 0. The van der Waals surface area contributed by atoms with Crippen LogP contribution in [0.5, 0.6) is 0 Å². The van der Waals surface area contributed by atoms with E-state index in [1.165, 1.54) is 29.6 Å². The third-order valence-corrected chi connectivity index (χ3v) is 14.2. The van der Waals surface area contributed by atoms with Crippen molar-refractivity contribution >= 4 is 94.7 Å². The zero-order valence-corrected chi connectivity index (χ0v) is 32.5. The number of fused-ring (bicyclic) bond motifs is 9. The molecular weight excluding hydrogens is 755 g/mol. The molecule has 0 amide bonds. The molecule has 5 heterocycles. The van der Waals surface area contributed by atoms with Crippen LogP contribution in [0, 0.1) is 0 Å². The van der Waals surface area contributed by atoms with Crippen LogP contribution in [0.2, 0.25) is 0 Å². The van der Waals surface area contributed by atoms with Crippen molar-refractivity contribution in [3.8, 4) is 56.8 Å². The van der Waals surface area contributed by atoms with Crippen LogP contribution in [0.15, 0.2) is 164 Å². The number of aromatic nitrogens is 5. The van der Waals surface area contributed by atoms with Gasteiger partial charge in [0.25, 0.3) is 0 Å². The van der Waals surface area contributed by atoms with Crippen LogP contribution in [0.1, 0.15) is 0 Å². The van der Waals surface area contributed by atoms with Gasteiger partial charge in [0.2, 0.25) is 0 Å². The number of hydrogen-bond donors (Lipinski definition) is 0. The highest BCUT2D eigenvalue weighted by molar-refractivity contribution is 7.27. The molecule has 12 rings (SSSR count). The molecule has 0 aliphatic rings. The van der Waals surface area contributed by atoms with Crippen molar-refractivity contribution in [3.05, 3.63) is 164 Å². The molecule has 0 radical (unpaired) electrons. The Morgan fingerprint density at radius 2 is 0.789 bits per heavy atom. The second kappa shape index (κ2) is 12.9. The fraction of sp³-hybridized carbons (Fsp3) is 0. The maximum absolute atomic E-state index is 5.34. The van der Waals surface area contributed by atoms with E-state index in [1.54, 1.807) is 34.0 Å². The Kier molecular flexibility index (Phi) is 7.38. The summed E-state index contributed by atoms with van der Waals surface area (Å²) in [5, 5.41) is 5.88. The third-order valence-electron chi connectivity index (χ3n) is 10.6. The molecule has 0 unspecified atom stereocenters. The SMILES string of the molecule is c1ccc(-c2nc(-c3cccc4c3sc3ccccc34)nc(-c3cccc4sc5c(-c6nc(-c7ccccc7)nc7c6sc6ccccc67)cccc5c34)n2)cc1. The first-order valence-electron chi connectivity index (χ1n) is 18.7. The number of thiophene rings is 3. The van der Waals surface area contributed by atoms with E-state index < -0.39 is 0 Å². The number of nitrogens with zero attached hydrogens (tertiary/aromatic N) is 5. The predicted molar refractivity (Wildman–Crippen MR) is 241 cm³/mol. The van der Waals surface area contributed by atoms with Crippen molar-refractivity contribution < 1.29 is 0 Å². The van der Waals surface area contributed by atoms with Crippen molar-refractivity contribution in [1.29, 1.82) is 0 Å². The highest BCUT2D eigenvalue weighted by atomic mass is 32.1. The van der Waals surface area contributed by atoms with E-state index in [1.807, 2.05) is 36.4 Å². The molecule has 57 heavy (non-hydrogen) atoms. The minimum absolute atomic E-state index is 0.646. The van der Waals surface area contributed by atoms with Crippen LogP contribution in [0.25, 0.3) is 117 Å². The maximum atomic E-state index is 5.34. The van der Waals surface area contributed by atoms with Gasteiger partial charge in [-0.05, 0) is 24.3 Å². The van der Waals surface area contributed by atoms with Crippen LogP contribution in [0.4, 0.5) is 0 Å². The number of rotatable bonds is 5. The standard InChI is InChI=1S/C49H27N5S3/c1-3-14-28(15-4-1)46-50-41-32-19-8-10-26-38(32)56-45(41)42(51-46)35-23-12-21-33-40-34(22-13-27-39(40)57-44(33)35)48-52-47(29-16-5-2-6-17-29)53-49(54-48)36-24-11-20-31-30-18-7-9-25-37(30)55-43(31)36/h1-27H. The van der Waals surface area contributed by atoms with Crippen LogP contribution in [-0.4, -0.2) is 24.9 Å². The largest absolute Gasteiger partial charge is 0.226 e. The number of hydrogen-bond acceptors (Lipinski definition) is 8. The fourth-order valence-corrected chi connectivity index (χ4v) is 11.6. The van der Waals surface area contributed by atoms with Gasteiger partial charge in [-0.25, -0.2) is 24.9 Å². The van der Waals surface area contributed by atoms with Gasteiger partial charge < -0.3 is 0 Å². The molecule has 0 N–H and O–H groups in total. The van der Waals surface area contributed by atoms with Crippen LogP contribution in [-0.2, 0) is 0 Å². The molecular formula is C49H27N5S3. The first-order valence-corrected chi connectivity index (χ1v) is 21.1. The van der Waals surface area contributed by atoms with E-state index in [4.69, 9.17) is 24.9 Å².